The first-order chi connectivity index (χ1) is 9.22. The summed E-state index contributed by atoms with van der Waals surface area (Å²) in [6.07, 6.45) is 3.51. The Hall–Kier alpha value is -1.58. The van der Waals surface area contributed by atoms with E-state index in [0.717, 1.165) is 31.7 Å². The summed E-state index contributed by atoms with van der Waals surface area (Å²) < 4.78 is 4.78. The number of hydrogen-bond acceptors (Lipinski definition) is 4. The molecule has 19 heavy (non-hydrogen) atoms. The fraction of sp³-hybridized carbons (Fsp3) is 0.600. The van der Waals surface area contributed by atoms with Crippen LogP contribution in [-0.4, -0.2) is 31.2 Å². The van der Waals surface area contributed by atoms with Gasteiger partial charge in [-0.2, -0.15) is 0 Å². The minimum absolute atomic E-state index is 0.0558. The quantitative estimate of drug-likeness (QED) is 0.770. The molecule has 1 saturated heterocycles. The Bertz CT molecular complexity index is 399. The molecule has 0 aliphatic carbocycles. The van der Waals surface area contributed by atoms with Crippen LogP contribution in [0, 0.1) is 12.8 Å². The van der Waals surface area contributed by atoms with E-state index in [-0.39, 0.29) is 11.9 Å². The third-order valence-corrected chi connectivity index (χ3v) is 3.31. The molecule has 2 rings (SSSR count). The zero-order chi connectivity index (χ0) is 14.3. The number of aryl methyl sites for hydroxylation is 1. The third kappa shape index (κ3) is 3.94. The fourth-order valence-corrected chi connectivity index (χ4v) is 2.30. The number of rotatable bonds is 2. The maximum atomic E-state index is 11.4. The van der Waals surface area contributed by atoms with Crippen molar-refractivity contribution in [3.63, 3.8) is 0 Å². The molecular weight excluding hydrogens is 240 g/mol. The van der Waals surface area contributed by atoms with E-state index < -0.39 is 0 Å². The maximum Gasteiger partial charge on any atom is 0.308 e. The number of carbonyl (C=O) groups is 1. The fourth-order valence-electron chi connectivity index (χ4n) is 2.30. The minimum Gasteiger partial charge on any atom is -0.469 e. The molecule has 1 aromatic heterocycles. The molecule has 0 atom stereocenters. The standard InChI is InChI=1S/C13H18N2O2.C2H6/c1-10-4-3-7-14-12(10)15-8-5-11(6-9-15)13(16)17-2;1-2/h3-4,7,11H,5-6,8-9H2,1-2H3;1-2H3. The molecule has 0 bridgehead atoms. The minimum atomic E-state index is -0.0811. The van der Waals surface area contributed by atoms with Crippen LogP contribution in [0.1, 0.15) is 32.3 Å². The number of nitrogens with zero attached hydrogens (tertiary/aromatic N) is 2. The van der Waals surface area contributed by atoms with Crippen LogP contribution in [0.5, 0.6) is 0 Å². The first-order valence-corrected chi connectivity index (χ1v) is 6.96. The Morgan fingerprint density at radius 1 is 1.37 bits per heavy atom. The summed E-state index contributed by atoms with van der Waals surface area (Å²) in [5, 5.41) is 0. The van der Waals surface area contributed by atoms with Crippen LogP contribution in [0.3, 0.4) is 0 Å². The Balaban J connectivity index is 0.000000861. The zero-order valence-corrected chi connectivity index (χ0v) is 12.3. The molecule has 0 unspecified atom stereocenters. The maximum absolute atomic E-state index is 11.4. The largest absolute Gasteiger partial charge is 0.469 e. The molecule has 0 spiro atoms. The van der Waals surface area contributed by atoms with E-state index in [9.17, 15) is 4.79 Å². The van der Waals surface area contributed by atoms with E-state index in [4.69, 9.17) is 4.74 Å². The van der Waals surface area contributed by atoms with E-state index in [2.05, 4.69) is 22.9 Å². The average Bonchev–Trinajstić information content (AvgIpc) is 2.49. The number of hydrogen-bond donors (Lipinski definition) is 0. The lowest BCUT2D eigenvalue weighted by Crippen LogP contribution is -2.37. The number of ether oxygens (including phenoxy) is 1. The Labute approximate surface area is 115 Å². The lowest BCUT2D eigenvalue weighted by Gasteiger charge is -2.32. The lowest BCUT2D eigenvalue weighted by atomic mass is 9.97. The first-order valence-electron chi connectivity index (χ1n) is 6.96. The van der Waals surface area contributed by atoms with Gasteiger partial charge in [0.1, 0.15) is 5.82 Å². The highest BCUT2D eigenvalue weighted by Crippen LogP contribution is 2.24. The van der Waals surface area contributed by atoms with Crippen molar-refractivity contribution in [3.05, 3.63) is 23.9 Å². The highest BCUT2D eigenvalue weighted by Gasteiger charge is 2.26. The summed E-state index contributed by atoms with van der Waals surface area (Å²) in [4.78, 5) is 18.1. The Kier molecular flexibility index (Phi) is 6.33. The second-order valence-electron chi connectivity index (χ2n) is 4.43. The second-order valence-corrected chi connectivity index (χ2v) is 4.43. The number of piperidine rings is 1. The third-order valence-electron chi connectivity index (χ3n) is 3.31. The molecule has 4 heteroatoms. The highest BCUT2D eigenvalue weighted by molar-refractivity contribution is 5.72. The first kappa shape index (κ1) is 15.5. The van der Waals surface area contributed by atoms with Crippen molar-refractivity contribution in [1.29, 1.82) is 0 Å². The van der Waals surface area contributed by atoms with Crippen molar-refractivity contribution in [2.75, 3.05) is 25.1 Å². The monoisotopic (exact) mass is 264 g/mol. The van der Waals surface area contributed by atoms with Crippen molar-refractivity contribution < 1.29 is 9.53 Å². The molecule has 4 nitrogen and oxygen atoms in total. The molecule has 1 aromatic rings. The predicted molar refractivity (Wildman–Crippen MR) is 77.3 cm³/mol. The van der Waals surface area contributed by atoms with Crippen LogP contribution in [0.15, 0.2) is 18.3 Å². The van der Waals surface area contributed by atoms with Gasteiger partial charge in [-0.05, 0) is 31.4 Å². The Morgan fingerprint density at radius 2 is 2.00 bits per heavy atom. The van der Waals surface area contributed by atoms with Gasteiger partial charge >= 0.3 is 5.97 Å². The SMILES string of the molecule is CC.COC(=O)C1CCN(c2ncccc2C)CC1. The molecular formula is C15H24N2O2. The molecule has 0 N–H and O–H groups in total. The van der Waals surface area contributed by atoms with Crippen molar-refractivity contribution in [2.45, 2.75) is 33.6 Å². The predicted octanol–water partition coefficient (Wildman–Crippen LogP) is 2.81. The van der Waals surface area contributed by atoms with Gasteiger partial charge in [-0.25, -0.2) is 4.98 Å². The average molecular weight is 264 g/mol. The van der Waals surface area contributed by atoms with E-state index in [0.29, 0.717) is 0 Å². The number of anilines is 1. The summed E-state index contributed by atoms with van der Waals surface area (Å²) in [6.45, 7) is 7.81. The summed E-state index contributed by atoms with van der Waals surface area (Å²) in [5.41, 5.74) is 1.18. The molecule has 0 aromatic carbocycles. The molecule has 1 fully saturated rings. The van der Waals surface area contributed by atoms with Crippen LogP contribution in [-0.2, 0) is 9.53 Å². The van der Waals surface area contributed by atoms with Gasteiger partial charge in [0, 0.05) is 19.3 Å². The zero-order valence-electron chi connectivity index (χ0n) is 12.3. The summed E-state index contributed by atoms with van der Waals surface area (Å²) in [7, 11) is 1.46. The smallest absolute Gasteiger partial charge is 0.308 e. The molecule has 2 heterocycles. The number of esters is 1. The van der Waals surface area contributed by atoms with Gasteiger partial charge in [-0.15, -0.1) is 0 Å². The summed E-state index contributed by atoms with van der Waals surface area (Å²) in [5.74, 6) is 1.01. The molecule has 1 aliphatic rings. The highest BCUT2D eigenvalue weighted by atomic mass is 16.5. The molecule has 106 valence electrons. The molecule has 1 aliphatic heterocycles. The van der Waals surface area contributed by atoms with Gasteiger partial charge < -0.3 is 9.64 Å². The normalized spacial score (nSPS) is 15.5. The van der Waals surface area contributed by atoms with E-state index in [1.165, 1.54) is 12.7 Å². The topological polar surface area (TPSA) is 42.4 Å². The van der Waals surface area contributed by atoms with Crippen molar-refractivity contribution in [1.82, 2.24) is 4.98 Å². The van der Waals surface area contributed by atoms with Gasteiger partial charge in [0.05, 0.1) is 13.0 Å². The number of methoxy groups -OCH3 is 1. The van der Waals surface area contributed by atoms with Crippen LogP contribution < -0.4 is 4.90 Å². The van der Waals surface area contributed by atoms with Crippen LogP contribution in [0.4, 0.5) is 5.82 Å². The molecule has 0 amide bonds. The van der Waals surface area contributed by atoms with Crippen molar-refractivity contribution in [2.24, 2.45) is 5.92 Å². The van der Waals surface area contributed by atoms with Gasteiger partial charge in [0.15, 0.2) is 0 Å². The number of pyridine rings is 1. The lowest BCUT2D eigenvalue weighted by molar-refractivity contribution is -0.146. The molecule has 0 radical (unpaired) electrons. The van der Waals surface area contributed by atoms with E-state index in [1.54, 1.807) is 0 Å². The van der Waals surface area contributed by atoms with Crippen LogP contribution in [0.25, 0.3) is 0 Å². The van der Waals surface area contributed by atoms with E-state index >= 15 is 0 Å². The van der Waals surface area contributed by atoms with Crippen molar-refractivity contribution >= 4 is 11.8 Å². The van der Waals surface area contributed by atoms with Gasteiger partial charge in [0.2, 0.25) is 0 Å². The van der Waals surface area contributed by atoms with Crippen molar-refractivity contribution in [3.8, 4) is 0 Å². The summed E-state index contributed by atoms with van der Waals surface area (Å²) in [6, 6.07) is 4.01. The van der Waals surface area contributed by atoms with E-state index in [1.807, 2.05) is 26.1 Å². The van der Waals surface area contributed by atoms with Crippen LogP contribution in [0.2, 0.25) is 0 Å². The van der Waals surface area contributed by atoms with Gasteiger partial charge in [-0.1, -0.05) is 19.9 Å². The second kappa shape index (κ2) is 7.77. The van der Waals surface area contributed by atoms with Gasteiger partial charge in [-0.3, -0.25) is 4.79 Å². The molecule has 0 saturated carbocycles. The van der Waals surface area contributed by atoms with Crippen LogP contribution >= 0.6 is 0 Å². The summed E-state index contributed by atoms with van der Waals surface area (Å²) >= 11 is 0. The Morgan fingerprint density at radius 3 is 2.53 bits per heavy atom. The van der Waals surface area contributed by atoms with Gasteiger partial charge in [0.25, 0.3) is 0 Å². The number of carbonyl (C=O) groups excluding carboxylic acids is 1. The number of aromatic nitrogens is 1.